The summed E-state index contributed by atoms with van der Waals surface area (Å²) in [6.07, 6.45) is 4.49. The van der Waals surface area contributed by atoms with Crippen molar-refractivity contribution in [3.05, 3.63) is 24.0 Å². The van der Waals surface area contributed by atoms with E-state index in [0.717, 1.165) is 19.3 Å². The molecule has 0 saturated carbocycles. The Morgan fingerprint density at radius 3 is 2.84 bits per heavy atom. The Morgan fingerprint density at radius 2 is 2.26 bits per heavy atom. The summed E-state index contributed by atoms with van der Waals surface area (Å²) in [6.45, 7) is 3.66. The van der Waals surface area contributed by atoms with E-state index in [4.69, 9.17) is 5.73 Å². The van der Waals surface area contributed by atoms with E-state index in [1.807, 2.05) is 0 Å². The molecule has 1 unspecified atom stereocenters. The Kier molecular flexibility index (Phi) is 4.54. The lowest BCUT2D eigenvalue weighted by atomic mass is 9.97. The smallest absolute Gasteiger partial charge is 0.244 e. The van der Waals surface area contributed by atoms with Crippen LogP contribution < -0.4 is 5.73 Å². The maximum absolute atomic E-state index is 12.5. The van der Waals surface area contributed by atoms with Gasteiger partial charge in [0.2, 0.25) is 10.0 Å². The molecule has 0 radical (unpaired) electrons. The van der Waals surface area contributed by atoms with Crippen molar-refractivity contribution < 1.29 is 8.42 Å². The van der Waals surface area contributed by atoms with Gasteiger partial charge >= 0.3 is 0 Å². The quantitative estimate of drug-likeness (QED) is 0.905. The lowest BCUT2D eigenvalue weighted by Gasteiger charge is -2.31. The van der Waals surface area contributed by atoms with Crippen molar-refractivity contribution in [2.24, 2.45) is 11.7 Å². The molecule has 0 aliphatic carbocycles. The largest absolute Gasteiger partial charge is 0.325 e. The van der Waals surface area contributed by atoms with Gasteiger partial charge in [-0.2, -0.15) is 4.31 Å². The van der Waals surface area contributed by atoms with Crippen LogP contribution in [0.15, 0.2) is 23.2 Å². The number of sulfonamides is 1. The summed E-state index contributed by atoms with van der Waals surface area (Å²) in [5, 5.41) is 0. The number of hydrogen-bond donors (Lipinski definition) is 1. The summed E-state index contributed by atoms with van der Waals surface area (Å²) in [5.41, 5.74) is 6.16. The first-order valence-electron chi connectivity index (χ1n) is 6.73. The number of piperidine rings is 1. The summed E-state index contributed by atoms with van der Waals surface area (Å²) in [7, 11) is -3.40. The van der Waals surface area contributed by atoms with Gasteiger partial charge in [-0.1, -0.05) is 13.3 Å². The van der Waals surface area contributed by atoms with Gasteiger partial charge in [-0.3, -0.25) is 4.98 Å². The Labute approximate surface area is 114 Å². The molecule has 0 amide bonds. The van der Waals surface area contributed by atoms with E-state index < -0.39 is 10.0 Å². The van der Waals surface area contributed by atoms with Crippen LogP contribution in [0.2, 0.25) is 0 Å². The summed E-state index contributed by atoms with van der Waals surface area (Å²) >= 11 is 0. The molecule has 2 rings (SSSR count). The first-order valence-corrected chi connectivity index (χ1v) is 8.17. The third-order valence-electron chi connectivity index (χ3n) is 3.70. The number of pyridine rings is 1. The zero-order chi connectivity index (χ0) is 13.9. The van der Waals surface area contributed by atoms with E-state index in [-0.39, 0.29) is 4.90 Å². The second-order valence-corrected chi connectivity index (χ2v) is 6.91. The first-order chi connectivity index (χ1) is 9.07. The van der Waals surface area contributed by atoms with Crippen molar-refractivity contribution in [2.75, 3.05) is 13.1 Å². The molecule has 1 aromatic heterocycles. The SMILES string of the molecule is CCC1CCCN(S(=O)(=O)c2ccc(CN)nc2)C1. The topological polar surface area (TPSA) is 76.3 Å². The van der Waals surface area contributed by atoms with Crippen LogP contribution in [-0.4, -0.2) is 30.8 Å². The minimum absolute atomic E-state index is 0.265. The van der Waals surface area contributed by atoms with Gasteiger partial charge in [0, 0.05) is 25.8 Å². The fourth-order valence-electron chi connectivity index (χ4n) is 2.41. The molecular formula is C13H21N3O2S. The molecule has 2 N–H and O–H groups in total. The van der Waals surface area contributed by atoms with E-state index >= 15 is 0 Å². The highest BCUT2D eigenvalue weighted by Gasteiger charge is 2.29. The standard InChI is InChI=1S/C13H21N3O2S/c1-2-11-4-3-7-16(10-11)19(17,18)13-6-5-12(8-14)15-9-13/h5-6,9,11H,2-4,7-8,10,14H2,1H3. The summed E-state index contributed by atoms with van der Waals surface area (Å²) in [6, 6.07) is 3.27. The second kappa shape index (κ2) is 5.98. The first kappa shape index (κ1) is 14.4. The fraction of sp³-hybridized carbons (Fsp3) is 0.615. The van der Waals surface area contributed by atoms with Gasteiger partial charge in [0.1, 0.15) is 4.90 Å². The Hall–Kier alpha value is -0.980. The van der Waals surface area contributed by atoms with Crippen molar-refractivity contribution in [3.63, 3.8) is 0 Å². The van der Waals surface area contributed by atoms with Crippen molar-refractivity contribution in [1.29, 1.82) is 0 Å². The summed E-state index contributed by atoms with van der Waals surface area (Å²) in [5.74, 6) is 0.472. The predicted molar refractivity (Wildman–Crippen MR) is 73.9 cm³/mol. The molecule has 1 saturated heterocycles. The maximum atomic E-state index is 12.5. The van der Waals surface area contributed by atoms with Crippen LogP contribution in [0, 0.1) is 5.92 Å². The number of nitrogens with two attached hydrogens (primary N) is 1. The number of rotatable bonds is 4. The van der Waals surface area contributed by atoms with Crippen LogP contribution >= 0.6 is 0 Å². The minimum Gasteiger partial charge on any atom is -0.325 e. The van der Waals surface area contributed by atoms with E-state index in [0.29, 0.717) is 31.2 Å². The zero-order valence-electron chi connectivity index (χ0n) is 11.2. The monoisotopic (exact) mass is 283 g/mol. The van der Waals surface area contributed by atoms with Crippen LogP contribution in [0.25, 0.3) is 0 Å². The van der Waals surface area contributed by atoms with E-state index in [2.05, 4.69) is 11.9 Å². The molecule has 2 heterocycles. The Bertz CT molecular complexity index is 513. The molecule has 1 aliphatic rings. The van der Waals surface area contributed by atoms with Crippen LogP contribution in [0.4, 0.5) is 0 Å². The number of nitrogens with zero attached hydrogens (tertiary/aromatic N) is 2. The molecule has 1 aliphatic heterocycles. The van der Waals surface area contributed by atoms with Crippen molar-refractivity contribution in [1.82, 2.24) is 9.29 Å². The fourth-order valence-corrected chi connectivity index (χ4v) is 3.91. The molecule has 0 bridgehead atoms. The number of aromatic nitrogens is 1. The van der Waals surface area contributed by atoms with Crippen LogP contribution in [0.3, 0.4) is 0 Å². The Morgan fingerprint density at radius 1 is 1.47 bits per heavy atom. The lowest BCUT2D eigenvalue weighted by Crippen LogP contribution is -2.39. The molecule has 1 aromatic rings. The molecule has 0 spiro atoms. The molecule has 19 heavy (non-hydrogen) atoms. The van der Waals surface area contributed by atoms with Gasteiger partial charge in [-0.05, 0) is 30.9 Å². The van der Waals surface area contributed by atoms with Crippen LogP contribution in [0.5, 0.6) is 0 Å². The second-order valence-electron chi connectivity index (χ2n) is 4.97. The molecule has 6 heteroatoms. The van der Waals surface area contributed by atoms with Gasteiger partial charge in [0.25, 0.3) is 0 Å². The summed E-state index contributed by atoms with van der Waals surface area (Å²) in [4.78, 5) is 4.33. The van der Waals surface area contributed by atoms with Crippen molar-refractivity contribution in [3.8, 4) is 0 Å². The lowest BCUT2D eigenvalue weighted by molar-refractivity contribution is 0.261. The molecule has 1 atom stereocenters. The van der Waals surface area contributed by atoms with Gasteiger partial charge in [0.05, 0.1) is 5.69 Å². The molecule has 106 valence electrons. The maximum Gasteiger partial charge on any atom is 0.244 e. The highest BCUT2D eigenvalue weighted by molar-refractivity contribution is 7.89. The van der Waals surface area contributed by atoms with E-state index in [1.165, 1.54) is 6.20 Å². The molecule has 0 aromatic carbocycles. The number of hydrogen-bond acceptors (Lipinski definition) is 4. The van der Waals surface area contributed by atoms with Gasteiger partial charge < -0.3 is 5.73 Å². The normalized spacial score (nSPS) is 21.5. The predicted octanol–water partition coefficient (Wildman–Crippen LogP) is 1.35. The molecular weight excluding hydrogens is 262 g/mol. The van der Waals surface area contributed by atoms with Crippen LogP contribution in [-0.2, 0) is 16.6 Å². The van der Waals surface area contributed by atoms with E-state index in [1.54, 1.807) is 16.4 Å². The van der Waals surface area contributed by atoms with Crippen molar-refractivity contribution >= 4 is 10.0 Å². The van der Waals surface area contributed by atoms with Gasteiger partial charge in [0.15, 0.2) is 0 Å². The minimum atomic E-state index is -3.40. The Balaban J connectivity index is 2.20. The molecule has 1 fully saturated rings. The highest BCUT2D eigenvalue weighted by atomic mass is 32.2. The third-order valence-corrected chi connectivity index (χ3v) is 5.55. The zero-order valence-corrected chi connectivity index (χ0v) is 12.1. The summed E-state index contributed by atoms with van der Waals surface area (Å²) < 4.78 is 26.6. The van der Waals surface area contributed by atoms with Gasteiger partial charge in [-0.25, -0.2) is 8.42 Å². The third kappa shape index (κ3) is 3.13. The van der Waals surface area contributed by atoms with E-state index in [9.17, 15) is 8.42 Å². The highest BCUT2D eigenvalue weighted by Crippen LogP contribution is 2.24. The average molecular weight is 283 g/mol. The average Bonchev–Trinajstić information content (AvgIpc) is 2.47. The van der Waals surface area contributed by atoms with Crippen LogP contribution in [0.1, 0.15) is 31.9 Å². The van der Waals surface area contributed by atoms with Crippen molar-refractivity contribution in [2.45, 2.75) is 37.6 Å². The molecule has 5 nitrogen and oxygen atoms in total. The van der Waals surface area contributed by atoms with Gasteiger partial charge in [-0.15, -0.1) is 0 Å².